The Balaban J connectivity index is 0.00000156. The lowest BCUT2D eigenvalue weighted by Crippen LogP contribution is -2.30. The molecule has 2 aromatic rings. The maximum absolute atomic E-state index is 13.7. The molecular weight excluding hydrogens is 384 g/mol. The second-order valence-electron chi connectivity index (χ2n) is 5.86. The first kappa shape index (κ1) is 21.8. The molecule has 1 unspecified atom stereocenters. The number of carbonyl (C=O) groups is 1. The second-order valence-corrected chi connectivity index (χ2v) is 6.80. The second kappa shape index (κ2) is 10.1. The third-order valence-electron chi connectivity index (χ3n) is 4.14. The summed E-state index contributed by atoms with van der Waals surface area (Å²) < 4.78 is 13.7. The van der Waals surface area contributed by atoms with E-state index in [-0.39, 0.29) is 36.5 Å². The Morgan fingerprint density at radius 2 is 2.16 bits per heavy atom. The Bertz CT molecular complexity index is 698. The van der Waals surface area contributed by atoms with Gasteiger partial charge in [-0.2, -0.15) is 0 Å². The lowest BCUT2D eigenvalue weighted by Gasteiger charge is -2.15. The van der Waals surface area contributed by atoms with Crippen LogP contribution in [0.5, 0.6) is 0 Å². The molecule has 0 saturated carbocycles. The Morgan fingerprint density at radius 1 is 1.40 bits per heavy atom. The molecule has 3 rings (SSSR count). The van der Waals surface area contributed by atoms with Crippen LogP contribution in [0.4, 0.5) is 4.39 Å². The van der Waals surface area contributed by atoms with Crippen molar-refractivity contribution < 1.29 is 9.18 Å². The first-order valence-corrected chi connectivity index (χ1v) is 8.67. The molecule has 0 radical (unpaired) electrons. The molecule has 1 aromatic carbocycles. The average Bonchev–Trinajstić information content (AvgIpc) is 3.19. The fourth-order valence-corrected chi connectivity index (χ4v) is 3.72. The van der Waals surface area contributed by atoms with E-state index < -0.39 is 0 Å². The highest BCUT2D eigenvalue weighted by molar-refractivity contribution is 7.09. The first-order chi connectivity index (χ1) is 11.2. The van der Waals surface area contributed by atoms with E-state index in [1.807, 2.05) is 18.0 Å². The maximum atomic E-state index is 13.7. The quantitative estimate of drug-likeness (QED) is 0.828. The van der Waals surface area contributed by atoms with Crippen molar-refractivity contribution >= 4 is 42.1 Å². The number of likely N-dealkylation sites (tertiary alicyclic amines) is 1. The predicted octanol–water partition coefficient (Wildman–Crippen LogP) is 3.40. The van der Waals surface area contributed by atoms with Crippen LogP contribution in [0.15, 0.2) is 29.6 Å². The standard InChI is InChI=1S/C17H20FN3OS.2ClH/c1-19-9-12-6-7-21(10-12)17(22)15-11-23-16(20-15)8-13-4-2-3-5-14(13)18;;/h2-5,11-12,19H,6-10H2,1H3;2*1H. The van der Waals surface area contributed by atoms with Crippen LogP contribution in [0.2, 0.25) is 0 Å². The minimum absolute atomic E-state index is 0. The third kappa shape index (κ3) is 5.38. The average molecular weight is 406 g/mol. The lowest BCUT2D eigenvalue weighted by atomic mass is 10.1. The number of hydrogen-bond acceptors (Lipinski definition) is 4. The van der Waals surface area contributed by atoms with Crippen LogP contribution in [0.3, 0.4) is 0 Å². The molecule has 25 heavy (non-hydrogen) atoms. The molecule has 2 heterocycles. The van der Waals surface area contributed by atoms with Crippen LogP contribution in [-0.2, 0) is 6.42 Å². The van der Waals surface area contributed by atoms with E-state index in [1.165, 1.54) is 17.4 Å². The van der Waals surface area contributed by atoms with E-state index in [0.717, 1.165) is 31.1 Å². The summed E-state index contributed by atoms with van der Waals surface area (Å²) in [5.41, 5.74) is 1.09. The normalized spacial score (nSPS) is 16.2. The number of nitrogens with one attached hydrogen (secondary N) is 1. The highest BCUT2D eigenvalue weighted by Gasteiger charge is 2.27. The zero-order valence-electron chi connectivity index (χ0n) is 13.9. The molecule has 4 nitrogen and oxygen atoms in total. The van der Waals surface area contributed by atoms with Gasteiger partial charge in [0.25, 0.3) is 5.91 Å². The highest BCUT2D eigenvalue weighted by atomic mass is 35.5. The van der Waals surface area contributed by atoms with Crippen molar-refractivity contribution in [3.8, 4) is 0 Å². The van der Waals surface area contributed by atoms with E-state index in [1.54, 1.807) is 17.5 Å². The van der Waals surface area contributed by atoms with Crippen molar-refractivity contribution in [2.45, 2.75) is 12.8 Å². The fraction of sp³-hybridized carbons (Fsp3) is 0.412. The number of hydrogen-bond donors (Lipinski definition) is 1. The highest BCUT2D eigenvalue weighted by Crippen LogP contribution is 2.21. The summed E-state index contributed by atoms with van der Waals surface area (Å²) >= 11 is 1.41. The molecule has 1 aromatic heterocycles. The van der Waals surface area contributed by atoms with Crippen LogP contribution >= 0.6 is 36.2 Å². The largest absolute Gasteiger partial charge is 0.337 e. The molecule has 0 spiro atoms. The van der Waals surface area contributed by atoms with Gasteiger partial charge in [0.1, 0.15) is 11.5 Å². The molecule has 1 atom stereocenters. The van der Waals surface area contributed by atoms with Gasteiger partial charge < -0.3 is 10.2 Å². The summed E-state index contributed by atoms with van der Waals surface area (Å²) in [7, 11) is 1.93. The molecular formula is C17H22Cl2FN3OS. The van der Waals surface area contributed by atoms with Crippen molar-refractivity contribution in [1.29, 1.82) is 0 Å². The van der Waals surface area contributed by atoms with Gasteiger partial charge in [0.05, 0.1) is 5.01 Å². The van der Waals surface area contributed by atoms with Gasteiger partial charge in [0, 0.05) is 24.9 Å². The molecule has 1 aliphatic rings. The molecule has 0 bridgehead atoms. The number of thiazole rings is 1. The van der Waals surface area contributed by atoms with Gasteiger partial charge in [-0.25, -0.2) is 9.37 Å². The Hall–Kier alpha value is -1.21. The van der Waals surface area contributed by atoms with Gasteiger partial charge >= 0.3 is 0 Å². The van der Waals surface area contributed by atoms with Gasteiger partial charge in [-0.05, 0) is 37.6 Å². The number of amides is 1. The smallest absolute Gasteiger partial charge is 0.273 e. The SMILES string of the molecule is CNCC1CCN(C(=O)c2csc(Cc3ccccc3F)n2)C1.Cl.Cl. The topological polar surface area (TPSA) is 45.2 Å². The van der Waals surface area contributed by atoms with Gasteiger partial charge in [-0.1, -0.05) is 18.2 Å². The number of rotatable bonds is 5. The van der Waals surface area contributed by atoms with Gasteiger partial charge in [0.15, 0.2) is 0 Å². The summed E-state index contributed by atoms with van der Waals surface area (Å²) in [6.07, 6.45) is 1.45. The monoisotopic (exact) mass is 405 g/mol. The maximum Gasteiger partial charge on any atom is 0.273 e. The molecule has 1 N–H and O–H groups in total. The molecule has 8 heteroatoms. The lowest BCUT2D eigenvalue weighted by molar-refractivity contribution is 0.0782. The van der Waals surface area contributed by atoms with Crippen molar-refractivity contribution in [1.82, 2.24) is 15.2 Å². The van der Waals surface area contributed by atoms with E-state index in [4.69, 9.17) is 0 Å². The Kier molecular flexibility index (Phi) is 8.79. The fourth-order valence-electron chi connectivity index (χ4n) is 2.93. The summed E-state index contributed by atoms with van der Waals surface area (Å²) in [6, 6.07) is 6.68. The minimum atomic E-state index is -0.231. The first-order valence-electron chi connectivity index (χ1n) is 7.79. The summed E-state index contributed by atoms with van der Waals surface area (Å²) in [4.78, 5) is 18.8. The van der Waals surface area contributed by atoms with E-state index in [0.29, 0.717) is 23.6 Å². The van der Waals surface area contributed by atoms with Crippen LogP contribution in [0.1, 0.15) is 27.5 Å². The molecule has 138 valence electrons. The number of nitrogens with zero attached hydrogens (tertiary/aromatic N) is 2. The van der Waals surface area contributed by atoms with E-state index >= 15 is 0 Å². The van der Waals surface area contributed by atoms with Gasteiger partial charge in [0.2, 0.25) is 0 Å². The molecule has 1 amide bonds. The van der Waals surface area contributed by atoms with Crippen LogP contribution in [-0.4, -0.2) is 42.5 Å². The number of halogens is 3. The van der Waals surface area contributed by atoms with E-state index in [2.05, 4.69) is 10.3 Å². The van der Waals surface area contributed by atoms with E-state index in [9.17, 15) is 9.18 Å². The number of aromatic nitrogens is 1. The van der Waals surface area contributed by atoms with Gasteiger partial charge in [-0.15, -0.1) is 36.2 Å². The third-order valence-corrected chi connectivity index (χ3v) is 4.99. The zero-order chi connectivity index (χ0) is 16.2. The minimum Gasteiger partial charge on any atom is -0.337 e. The van der Waals surface area contributed by atoms with Gasteiger partial charge in [-0.3, -0.25) is 4.79 Å². The van der Waals surface area contributed by atoms with Crippen molar-refractivity contribution in [3.05, 3.63) is 51.7 Å². The Morgan fingerprint density at radius 3 is 2.88 bits per heavy atom. The number of carbonyl (C=O) groups excluding carboxylic acids is 1. The number of benzene rings is 1. The predicted molar refractivity (Wildman–Crippen MR) is 104 cm³/mol. The van der Waals surface area contributed by atoms with Crippen LogP contribution in [0.25, 0.3) is 0 Å². The molecule has 1 fully saturated rings. The molecule has 1 aliphatic heterocycles. The van der Waals surface area contributed by atoms with Crippen LogP contribution < -0.4 is 5.32 Å². The van der Waals surface area contributed by atoms with Crippen molar-refractivity contribution in [2.75, 3.05) is 26.7 Å². The Labute approximate surface area is 163 Å². The van der Waals surface area contributed by atoms with Crippen molar-refractivity contribution in [3.63, 3.8) is 0 Å². The van der Waals surface area contributed by atoms with Crippen molar-refractivity contribution in [2.24, 2.45) is 5.92 Å². The molecule has 1 saturated heterocycles. The van der Waals surface area contributed by atoms with Crippen LogP contribution in [0, 0.1) is 11.7 Å². The zero-order valence-corrected chi connectivity index (χ0v) is 16.4. The summed E-state index contributed by atoms with van der Waals surface area (Å²) in [5.74, 6) is 0.269. The molecule has 0 aliphatic carbocycles. The summed E-state index contributed by atoms with van der Waals surface area (Å²) in [5, 5.41) is 5.71. The summed E-state index contributed by atoms with van der Waals surface area (Å²) in [6.45, 7) is 2.49.